The Hall–Kier alpha value is -3.22. The SMILES string of the molecule is O=C(c1ccco1)N1CCc2c(nc(-c3ccncc3)[nH]c2=O)C1. The Bertz CT molecular complexity index is 932. The summed E-state index contributed by atoms with van der Waals surface area (Å²) < 4.78 is 5.17. The summed E-state index contributed by atoms with van der Waals surface area (Å²) in [5.41, 5.74) is 1.88. The van der Waals surface area contributed by atoms with Gasteiger partial charge in [0.05, 0.1) is 18.5 Å². The second-order valence-electron chi connectivity index (χ2n) is 5.53. The topological polar surface area (TPSA) is 92.1 Å². The number of aromatic nitrogens is 3. The number of nitrogens with zero attached hydrogens (tertiary/aromatic N) is 3. The van der Waals surface area contributed by atoms with E-state index in [9.17, 15) is 9.59 Å². The van der Waals surface area contributed by atoms with E-state index in [4.69, 9.17) is 4.42 Å². The minimum atomic E-state index is -0.196. The normalized spacial score (nSPS) is 13.6. The van der Waals surface area contributed by atoms with Gasteiger partial charge < -0.3 is 14.3 Å². The summed E-state index contributed by atoms with van der Waals surface area (Å²) in [5.74, 6) is 0.573. The van der Waals surface area contributed by atoms with E-state index in [-0.39, 0.29) is 23.8 Å². The number of furan rings is 1. The van der Waals surface area contributed by atoms with Crippen LogP contribution in [-0.4, -0.2) is 32.3 Å². The minimum Gasteiger partial charge on any atom is -0.459 e. The van der Waals surface area contributed by atoms with Gasteiger partial charge in [-0.3, -0.25) is 14.6 Å². The van der Waals surface area contributed by atoms with E-state index in [2.05, 4.69) is 15.0 Å². The van der Waals surface area contributed by atoms with Crippen molar-refractivity contribution in [1.29, 1.82) is 0 Å². The number of pyridine rings is 1. The van der Waals surface area contributed by atoms with Gasteiger partial charge in [0.25, 0.3) is 11.5 Å². The van der Waals surface area contributed by atoms with Crippen LogP contribution in [0.3, 0.4) is 0 Å². The number of carbonyl (C=O) groups is 1. The first-order chi connectivity index (χ1) is 11.7. The molecular weight excluding hydrogens is 308 g/mol. The van der Waals surface area contributed by atoms with Crippen LogP contribution in [0.15, 0.2) is 52.1 Å². The summed E-state index contributed by atoms with van der Waals surface area (Å²) in [5, 5.41) is 0. The molecule has 3 aromatic rings. The Morgan fingerprint density at radius 3 is 2.83 bits per heavy atom. The van der Waals surface area contributed by atoms with Crippen molar-refractivity contribution in [3.05, 3.63) is 70.3 Å². The third-order valence-corrected chi connectivity index (χ3v) is 4.05. The summed E-state index contributed by atoms with van der Waals surface area (Å²) in [4.78, 5) is 37.7. The zero-order valence-corrected chi connectivity index (χ0v) is 12.7. The second-order valence-corrected chi connectivity index (χ2v) is 5.53. The third kappa shape index (κ3) is 2.50. The summed E-state index contributed by atoms with van der Waals surface area (Å²) >= 11 is 0. The highest BCUT2D eigenvalue weighted by atomic mass is 16.3. The molecule has 7 heteroatoms. The van der Waals surface area contributed by atoms with Crippen LogP contribution in [0.1, 0.15) is 21.8 Å². The zero-order valence-electron chi connectivity index (χ0n) is 12.7. The quantitative estimate of drug-likeness (QED) is 0.774. The maximum Gasteiger partial charge on any atom is 0.289 e. The molecule has 1 aliphatic heterocycles. The Labute approximate surface area is 137 Å². The van der Waals surface area contributed by atoms with E-state index < -0.39 is 0 Å². The number of hydrogen-bond acceptors (Lipinski definition) is 5. The number of aromatic amines is 1. The lowest BCUT2D eigenvalue weighted by atomic mass is 10.1. The molecule has 0 aromatic carbocycles. The first kappa shape index (κ1) is 14.4. The van der Waals surface area contributed by atoms with Crippen LogP contribution in [0.4, 0.5) is 0 Å². The van der Waals surface area contributed by atoms with Crippen LogP contribution in [0.5, 0.6) is 0 Å². The monoisotopic (exact) mass is 322 g/mol. The zero-order chi connectivity index (χ0) is 16.5. The van der Waals surface area contributed by atoms with Gasteiger partial charge in [-0.25, -0.2) is 4.98 Å². The summed E-state index contributed by atoms with van der Waals surface area (Å²) in [6.45, 7) is 0.753. The maximum atomic E-state index is 12.4. The fourth-order valence-corrected chi connectivity index (χ4v) is 2.82. The predicted molar refractivity (Wildman–Crippen MR) is 85.2 cm³/mol. The molecule has 0 bridgehead atoms. The van der Waals surface area contributed by atoms with Crippen molar-refractivity contribution in [1.82, 2.24) is 19.9 Å². The van der Waals surface area contributed by atoms with Crippen molar-refractivity contribution in [2.45, 2.75) is 13.0 Å². The van der Waals surface area contributed by atoms with Gasteiger partial charge >= 0.3 is 0 Å². The Balaban J connectivity index is 1.69. The molecule has 3 aromatic heterocycles. The molecule has 1 amide bonds. The highest BCUT2D eigenvalue weighted by Crippen LogP contribution is 2.19. The molecule has 0 aliphatic carbocycles. The molecule has 0 atom stereocenters. The molecule has 0 saturated carbocycles. The number of H-pyrrole nitrogens is 1. The van der Waals surface area contributed by atoms with Crippen LogP contribution in [0.2, 0.25) is 0 Å². The number of rotatable bonds is 2. The lowest BCUT2D eigenvalue weighted by molar-refractivity contribution is 0.0699. The van der Waals surface area contributed by atoms with E-state index >= 15 is 0 Å². The summed E-state index contributed by atoms with van der Waals surface area (Å²) in [6, 6.07) is 6.86. The van der Waals surface area contributed by atoms with Crippen LogP contribution < -0.4 is 5.56 Å². The smallest absolute Gasteiger partial charge is 0.289 e. The molecule has 24 heavy (non-hydrogen) atoms. The van der Waals surface area contributed by atoms with Crippen molar-refractivity contribution in [2.75, 3.05) is 6.54 Å². The molecule has 0 radical (unpaired) electrons. The van der Waals surface area contributed by atoms with Crippen LogP contribution >= 0.6 is 0 Å². The van der Waals surface area contributed by atoms with E-state index in [0.29, 0.717) is 30.0 Å². The molecule has 4 rings (SSSR count). The number of carbonyl (C=O) groups excluding carboxylic acids is 1. The first-order valence-electron chi connectivity index (χ1n) is 7.57. The number of amides is 1. The van der Waals surface area contributed by atoms with E-state index in [1.54, 1.807) is 41.6 Å². The van der Waals surface area contributed by atoms with Crippen molar-refractivity contribution >= 4 is 5.91 Å². The van der Waals surface area contributed by atoms with Gasteiger partial charge in [-0.15, -0.1) is 0 Å². The lowest BCUT2D eigenvalue weighted by Gasteiger charge is -2.27. The summed E-state index contributed by atoms with van der Waals surface area (Å²) in [7, 11) is 0. The molecule has 7 nitrogen and oxygen atoms in total. The molecule has 1 N–H and O–H groups in total. The minimum absolute atomic E-state index is 0.156. The summed E-state index contributed by atoms with van der Waals surface area (Å²) in [6.07, 6.45) is 5.22. The van der Waals surface area contributed by atoms with E-state index in [1.165, 1.54) is 6.26 Å². The van der Waals surface area contributed by atoms with Crippen LogP contribution in [0, 0.1) is 0 Å². The second kappa shape index (κ2) is 5.77. The standard InChI is InChI=1S/C17H14N4O3/c22-16-12-5-8-21(17(23)14-2-1-9-24-14)10-13(12)19-15(20-16)11-3-6-18-7-4-11/h1-4,6-7,9H,5,8,10H2,(H,19,20,22). The van der Waals surface area contributed by atoms with Gasteiger partial charge in [0.2, 0.25) is 0 Å². The van der Waals surface area contributed by atoms with Crippen molar-refractivity contribution in [3.8, 4) is 11.4 Å². The van der Waals surface area contributed by atoms with Crippen molar-refractivity contribution in [3.63, 3.8) is 0 Å². The maximum absolute atomic E-state index is 12.4. The molecule has 0 fully saturated rings. The number of nitrogens with one attached hydrogen (secondary N) is 1. The molecule has 1 aliphatic rings. The molecule has 0 saturated heterocycles. The average Bonchev–Trinajstić information content (AvgIpc) is 3.16. The fraction of sp³-hybridized carbons (Fsp3) is 0.176. The van der Waals surface area contributed by atoms with Crippen LogP contribution in [-0.2, 0) is 13.0 Å². The Kier molecular flexibility index (Phi) is 3.45. The van der Waals surface area contributed by atoms with Crippen molar-refractivity contribution in [2.24, 2.45) is 0 Å². The molecule has 4 heterocycles. The highest BCUT2D eigenvalue weighted by molar-refractivity contribution is 5.91. The van der Waals surface area contributed by atoms with Gasteiger partial charge in [-0.1, -0.05) is 0 Å². The van der Waals surface area contributed by atoms with Crippen LogP contribution in [0.25, 0.3) is 11.4 Å². The Morgan fingerprint density at radius 2 is 2.08 bits per heavy atom. The number of fused-ring (bicyclic) bond motifs is 1. The van der Waals surface area contributed by atoms with E-state index in [1.807, 2.05) is 0 Å². The third-order valence-electron chi connectivity index (χ3n) is 4.05. The fourth-order valence-electron chi connectivity index (χ4n) is 2.82. The number of hydrogen-bond donors (Lipinski definition) is 1. The van der Waals surface area contributed by atoms with E-state index in [0.717, 1.165) is 5.56 Å². The Morgan fingerprint density at radius 1 is 1.25 bits per heavy atom. The lowest BCUT2D eigenvalue weighted by Crippen LogP contribution is -2.39. The molecular formula is C17H14N4O3. The van der Waals surface area contributed by atoms with Gasteiger partial charge in [-0.05, 0) is 30.7 Å². The van der Waals surface area contributed by atoms with Gasteiger partial charge in [0, 0.05) is 30.1 Å². The van der Waals surface area contributed by atoms with Crippen molar-refractivity contribution < 1.29 is 9.21 Å². The first-order valence-corrected chi connectivity index (χ1v) is 7.57. The van der Waals surface area contributed by atoms with Gasteiger partial charge in [0.1, 0.15) is 5.82 Å². The average molecular weight is 322 g/mol. The van der Waals surface area contributed by atoms with Gasteiger partial charge in [0.15, 0.2) is 5.76 Å². The highest BCUT2D eigenvalue weighted by Gasteiger charge is 2.26. The van der Waals surface area contributed by atoms with Gasteiger partial charge in [-0.2, -0.15) is 0 Å². The molecule has 0 spiro atoms. The predicted octanol–water partition coefficient (Wildman–Crippen LogP) is 1.62. The molecule has 120 valence electrons. The largest absolute Gasteiger partial charge is 0.459 e. The molecule has 0 unspecified atom stereocenters.